The maximum Gasteiger partial charge on any atom is 0.0208 e. The summed E-state index contributed by atoms with van der Waals surface area (Å²) < 4.78 is 0. The number of hydrogen-bond donors (Lipinski definition) is 1. The van der Waals surface area contributed by atoms with E-state index in [0.29, 0.717) is 0 Å². The maximum absolute atomic E-state index is 3.59. The fraction of sp³-hybridized carbons (Fsp3) is 0.571. The highest BCUT2D eigenvalue weighted by molar-refractivity contribution is 5.28. The Labute approximate surface area is 91.9 Å². The van der Waals surface area contributed by atoms with Gasteiger partial charge in [0.25, 0.3) is 0 Å². The number of hydrogen-bond acceptors (Lipinski definition) is 1. The summed E-state index contributed by atoms with van der Waals surface area (Å²) in [5.41, 5.74) is 2.97. The van der Waals surface area contributed by atoms with Crippen LogP contribution in [0.2, 0.25) is 0 Å². The molecule has 2 atom stereocenters. The molecular weight excluding hydrogens is 182 g/mol. The molecule has 0 aromatic heterocycles. The van der Waals surface area contributed by atoms with E-state index in [0.717, 1.165) is 24.4 Å². The van der Waals surface area contributed by atoms with Gasteiger partial charge in [-0.1, -0.05) is 31.2 Å². The van der Waals surface area contributed by atoms with Crippen molar-refractivity contribution in [2.24, 2.45) is 5.92 Å². The third kappa shape index (κ3) is 2.23. The molecule has 2 saturated carbocycles. The second-order valence-corrected chi connectivity index (χ2v) is 5.22. The predicted octanol–water partition coefficient (Wildman–Crippen LogP) is 3.06. The lowest BCUT2D eigenvalue weighted by atomic mass is 10.1. The monoisotopic (exact) mass is 201 g/mol. The van der Waals surface area contributed by atoms with Gasteiger partial charge >= 0.3 is 0 Å². The predicted molar refractivity (Wildman–Crippen MR) is 62.8 cm³/mol. The standard InChI is InChI=1S/C14H19N/c1-10-8-14(10)15-9-11-2-4-12(5-3-11)13-6-7-13/h2-5,10,13-15H,6-9H2,1H3. The first kappa shape index (κ1) is 9.41. The van der Waals surface area contributed by atoms with Crippen molar-refractivity contribution in [2.45, 2.75) is 44.7 Å². The molecule has 1 heteroatoms. The topological polar surface area (TPSA) is 12.0 Å². The third-order valence-corrected chi connectivity index (χ3v) is 3.71. The molecule has 3 rings (SSSR count). The lowest BCUT2D eigenvalue weighted by Crippen LogP contribution is -2.16. The first-order valence-electron chi connectivity index (χ1n) is 6.15. The summed E-state index contributed by atoms with van der Waals surface area (Å²) in [6.45, 7) is 3.35. The van der Waals surface area contributed by atoms with E-state index in [9.17, 15) is 0 Å². The Bertz CT molecular complexity index is 337. The van der Waals surface area contributed by atoms with Crippen LogP contribution in [0.4, 0.5) is 0 Å². The Kier molecular flexibility index (Phi) is 2.28. The summed E-state index contributed by atoms with van der Waals surface area (Å²) in [4.78, 5) is 0. The van der Waals surface area contributed by atoms with Crippen LogP contribution in [0.3, 0.4) is 0 Å². The Hall–Kier alpha value is -0.820. The van der Waals surface area contributed by atoms with Gasteiger partial charge in [-0.15, -0.1) is 0 Å². The molecule has 1 nitrogen and oxygen atoms in total. The minimum atomic E-state index is 0.785. The number of nitrogens with one attached hydrogen (secondary N) is 1. The van der Waals surface area contributed by atoms with E-state index >= 15 is 0 Å². The highest BCUT2D eigenvalue weighted by Crippen LogP contribution is 2.39. The molecule has 0 spiro atoms. The SMILES string of the molecule is CC1CC1NCc1ccc(C2CC2)cc1. The van der Waals surface area contributed by atoms with Gasteiger partial charge in [0.1, 0.15) is 0 Å². The van der Waals surface area contributed by atoms with E-state index in [1.807, 2.05) is 0 Å². The van der Waals surface area contributed by atoms with Crippen LogP contribution in [0.25, 0.3) is 0 Å². The Morgan fingerprint density at radius 2 is 1.87 bits per heavy atom. The maximum atomic E-state index is 3.59. The van der Waals surface area contributed by atoms with Crippen molar-refractivity contribution in [2.75, 3.05) is 0 Å². The summed E-state index contributed by atoms with van der Waals surface area (Å²) >= 11 is 0. The van der Waals surface area contributed by atoms with E-state index in [4.69, 9.17) is 0 Å². The Morgan fingerprint density at radius 3 is 2.40 bits per heavy atom. The first-order chi connectivity index (χ1) is 7.33. The molecule has 0 radical (unpaired) electrons. The number of benzene rings is 1. The summed E-state index contributed by atoms with van der Waals surface area (Å²) in [5.74, 6) is 1.78. The lowest BCUT2D eigenvalue weighted by molar-refractivity contribution is 0.652. The Morgan fingerprint density at radius 1 is 1.20 bits per heavy atom. The molecule has 15 heavy (non-hydrogen) atoms. The Balaban J connectivity index is 1.55. The zero-order valence-electron chi connectivity index (χ0n) is 9.37. The van der Waals surface area contributed by atoms with Gasteiger partial charge in [0.05, 0.1) is 0 Å². The van der Waals surface area contributed by atoms with Crippen LogP contribution >= 0.6 is 0 Å². The summed E-state index contributed by atoms with van der Waals surface area (Å²) in [5, 5.41) is 3.59. The van der Waals surface area contributed by atoms with Crippen molar-refractivity contribution < 1.29 is 0 Å². The van der Waals surface area contributed by atoms with Crippen molar-refractivity contribution >= 4 is 0 Å². The van der Waals surface area contributed by atoms with Crippen LogP contribution in [0.15, 0.2) is 24.3 Å². The smallest absolute Gasteiger partial charge is 0.0208 e. The van der Waals surface area contributed by atoms with Crippen LogP contribution in [-0.2, 0) is 6.54 Å². The molecule has 1 N–H and O–H groups in total. The highest BCUT2D eigenvalue weighted by atomic mass is 15.0. The van der Waals surface area contributed by atoms with Gasteiger partial charge in [-0.05, 0) is 42.2 Å². The molecule has 2 fully saturated rings. The van der Waals surface area contributed by atoms with Crippen LogP contribution < -0.4 is 5.32 Å². The van der Waals surface area contributed by atoms with E-state index in [1.54, 1.807) is 5.56 Å². The average Bonchev–Trinajstić information content (AvgIpc) is 3.12. The zero-order chi connectivity index (χ0) is 10.3. The fourth-order valence-corrected chi connectivity index (χ4v) is 2.18. The summed E-state index contributed by atoms with van der Waals surface area (Å²) in [6.07, 6.45) is 4.16. The van der Waals surface area contributed by atoms with Gasteiger partial charge in [0.2, 0.25) is 0 Å². The van der Waals surface area contributed by atoms with Gasteiger partial charge < -0.3 is 5.32 Å². The van der Waals surface area contributed by atoms with Crippen LogP contribution in [0.5, 0.6) is 0 Å². The van der Waals surface area contributed by atoms with E-state index in [1.165, 1.54) is 24.8 Å². The van der Waals surface area contributed by atoms with Crippen molar-refractivity contribution in [3.05, 3.63) is 35.4 Å². The molecule has 2 unspecified atom stereocenters. The molecule has 2 aliphatic rings. The minimum Gasteiger partial charge on any atom is -0.310 e. The molecule has 1 aromatic rings. The largest absolute Gasteiger partial charge is 0.310 e. The molecule has 0 heterocycles. The van der Waals surface area contributed by atoms with Gasteiger partial charge in [-0.2, -0.15) is 0 Å². The summed E-state index contributed by atoms with van der Waals surface area (Å²) in [6, 6.07) is 9.98. The van der Waals surface area contributed by atoms with Gasteiger partial charge in [-0.3, -0.25) is 0 Å². The average molecular weight is 201 g/mol. The first-order valence-corrected chi connectivity index (χ1v) is 6.15. The molecule has 0 amide bonds. The summed E-state index contributed by atoms with van der Waals surface area (Å²) in [7, 11) is 0. The lowest BCUT2D eigenvalue weighted by Gasteiger charge is -2.04. The van der Waals surface area contributed by atoms with E-state index in [2.05, 4.69) is 36.5 Å². The molecular formula is C14H19N. The van der Waals surface area contributed by atoms with Gasteiger partial charge in [-0.25, -0.2) is 0 Å². The van der Waals surface area contributed by atoms with E-state index < -0.39 is 0 Å². The molecule has 0 saturated heterocycles. The van der Waals surface area contributed by atoms with Crippen LogP contribution in [0, 0.1) is 5.92 Å². The van der Waals surface area contributed by atoms with Crippen LogP contribution in [-0.4, -0.2) is 6.04 Å². The third-order valence-electron chi connectivity index (χ3n) is 3.71. The van der Waals surface area contributed by atoms with Crippen LogP contribution in [0.1, 0.15) is 43.2 Å². The quantitative estimate of drug-likeness (QED) is 0.789. The fourth-order valence-electron chi connectivity index (χ4n) is 2.18. The molecule has 1 aromatic carbocycles. The normalized spacial score (nSPS) is 29.1. The molecule has 0 aliphatic heterocycles. The number of rotatable bonds is 4. The van der Waals surface area contributed by atoms with E-state index in [-0.39, 0.29) is 0 Å². The van der Waals surface area contributed by atoms with Crippen molar-refractivity contribution in [3.63, 3.8) is 0 Å². The highest BCUT2D eigenvalue weighted by Gasteiger charge is 2.31. The van der Waals surface area contributed by atoms with Gasteiger partial charge in [0.15, 0.2) is 0 Å². The molecule has 2 aliphatic carbocycles. The van der Waals surface area contributed by atoms with Crippen molar-refractivity contribution in [1.82, 2.24) is 5.32 Å². The second kappa shape index (κ2) is 3.64. The van der Waals surface area contributed by atoms with Crippen molar-refractivity contribution in [1.29, 1.82) is 0 Å². The van der Waals surface area contributed by atoms with Crippen molar-refractivity contribution in [3.8, 4) is 0 Å². The minimum absolute atomic E-state index is 0.785. The molecule has 80 valence electrons. The zero-order valence-corrected chi connectivity index (χ0v) is 9.37. The second-order valence-electron chi connectivity index (χ2n) is 5.22. The van der Waals surface area contributed by atoms with Gasteiger partial charge in [0, 0.05) is 12.6 Å². The molecule has 0 bridgehead atoms.